The maximum absolute atomic E-state index is 12.6. The number of fused-ring (bicyclic) bond motifs is 1. The summed E-state index contributed by atoms with van der Waals surface area (Å²) in [5, 5.41) is 5.03. The average Bonchev–Trinajstić information content (AvgIpc) is 3.30. The summed E-state index contributed by atoms with van der Waals surface area (Å²) >= 11 is 1.30. The van der Waals surface area contributed by atoms with Gasteiger partial charge in [-0.3, -0.25) is 29.6 Å². The average molecular weight is 406 g/mol. The number of anilines is 1. The number of imide groups is 1. The largest absolute Gasteiger partial charge is 0.298 e. The summed E-state index contributed by atoms with van der Waals surface area (Å²) in [4.78, 5) is 47.3. The van der Waals surface area contributed by atoms with Gasteiger partial charge in [0.15, 0.2) is 5.13 Å². The molecule has 2 aromatic heterocycles. The first kappa shape index (κ1) is 18.9. The first-order valence-electron chi connectivity index (χ1n) is 9.26. The van der Waals surface area contributed by atoms with E-state index in [2.05, 4.69) is 15.3 Å². The van der Waals surface area contributed by atoms with Crippen LogP contribution in [-0.2, 0) is 0 Å². The Kier molecular flexibility index (Phi) is 5.18. The molecule has 146 valence electrons. The highest BCUT2D eigenvalue weighted by Crippen LogP contribution is 2.27. The van der Waals surface area contributed by atoms with Crippen LogP contribution in [0.1, 0.15) is 50.8 Å². The van der Waals surface area contributed by atoms with Crippen molar-refractivity contribution in [3.8, 4) is 11.3 Å². The fourth-order valence-corrected chi connectivity index (χ4v) is 3.81. The number of carbonyl (C=O) groups excluding carboxylic acids is 3. The van der Waals surface area contributed by atoms with Crippen molar-refractivity contribution in [2.75, 3.05) is 11.9 Å². The van der Waals surface area contributed by atoms with Gasteiger partial charge in [0.2, 0.25) is 0 Å². The van der Waals surface area contributed by atoms with E-state index < -0.39 is 0 Å². The van der Waals surface area contributed by atoms with Crippen molar-refractivity contribution in [3.05, 3.63) is 64.8 Å². The lowest BCUT2D eigenvalue weighted by Crippen LogP contribution is -2.30. The minimum absolute atomic E-state index is 0.272. The van der Waals surface area contributed by atoms with Gasteiger partial charge in [-0.15, -0.1) is 11.3 Å². The molecule has 0 aliphatic carbocycles. The van der Waals surface area contributed by atoms with Crippen LogP contribution in [0.3, 0.4) is 0 Å². The molecule has 0 fully saturated rings. The van der Waals surface area contributed by atoms with Crippen LogP contribution in [0.15, 0.2) is 48.1 Å². The Balaban J connectivity index is 1.51. The molecule has 0 saturated carbocycles. The standard InChI is InChI=1S/C21H18N4O3S/c1-2-3-9-25-19(27)15-7-6-13(10-16(15)20(25)28)18(26)24-21-23-17(12-29-21)14-5-4-8-22-11-14/h4-8,10-12H,2-3,9H2,1H3,(H,23,24,26). The van der Waals surface area contributed by atoms with Crippen LogP contribution >= 0.6 is 11.3 Å². The molecule has 1 N–H and O–H groups in total. The van der Waals surface area contributed by atoms with Crippen LogP contribution in [0, 0.1) is 0 Å². The van der Waals surface area contributed by atoms with E-state index >= 15 is 0 Å². The van der Waals surface area contributed by atoms with Crippen LogP contribution in [-0.4, -0.2) is 39.1 Å². The number of unbranched alkanes of at least 4 members (excludes halogenated alkanes) is 1. The summed E-state index contributed by atoms with van der Waals surface area (Å²) in [6, 6.07) is 8.28. The van der Waals surface area contributed by atoms with E-state index in [0.29, 0.717) is 22.8 Å². The molecule has 29 heavy (non-hydrogen) atoms. The van der Waals surface area contributed by atoms with Crippen molar-refractivity contribution in [2.24, 2.45) is 0 Å². The van der Waals surface area contributed by atoms with Crippen LogP contribution < -0.4 is 5.32 Å². The van der Waals surface area contributed by atoms with Crippen molar-refractivity contribution in [1.29, 1.82) is 0 Å². The molecular formula is C21H18N4O3S. The van der Waals surface area contributed by atoms with Gasteiger partial charge in [0.1, 0.15) is 0 Å². The van der Waals surface area contributed by atoms with E-state index in [1.54, 1.807) is 24.5 Å². The van der Waals surface area contributed by atoms with Gasteiger partial charge < -0.3 is 0 Å². The summed E-state index contributed by atoms with van der Waals surface area (Å²) < 4.78 is 0. The summed E-state index contributed by atoms with van der Waals surface area (Å²) in [6.07, 6.45) is 5.02. The molecular weight excluding hydrogens is 388 g/mol. The van der Waals surface area contributed by atoms with Gasteiger partial charge in [-0.2, -0.15) is 0 Å². The summed E-state index contributed by atoms with van der Waals surface area (Å²) in [7, 11) is 0. The highest BCUT2D eigenvalue weighted by molar-refractivity contribution is 7.14. The molecule has 4 rings (SSSR count). The normalized spacial score (nSPS) is 12.9. The van der Waals surface area contributed by atoms with Gasteiger partial charge in [0.05, 0.1) is 16.8 Å². The quantitative estimate of drug-likeness (QED) is 0.628. The lowest BCUT2D eigenvalue weighted by atomic mass is 10.1. The number of rotatable bonds is 6. The molecule has 0 atom stereocenters. The second kappa shape index (κ2) is 7.92. The first-order chi connectivity index (χ1) is 14.1. The molecule has 8 heteroatoms. The third kappa shape index (κ3) is 3.66. The molecule has 0 saturated heterocycles. The van der Waals surface area contributed by atoms with Gasteiger partial charge in [-0.1, -0.05) is 13.3 Å². The highest BCUT2D eigenvalue weighted by Gasteiger charge is 2.35. The fraction of sp³-hybridized carbons (Fsp3) is 0.190. The molecule has 3 aromatic rings. The van der Waals surface area contributed by atoms with Gasteiger partial charge in [-0.25, -0.2) is 4.98 Å². The molecule has 1 aliphatic rings. The predicted octanol–water partition coefficient (Wildman–Crippen LogP) is 3.85. The molecule has 0 spiro atoms. The number of carbonyl (C=O) groups is 3. The number of amides is 3. The molecule has 0 unspecified atom stereocenters. The maximum atomic E-state index is 12.6. The second-order valence-electron chi connectivity index (χ2n) is 6.61. The lowest BCUT2D eigenvalue weighted by molar-refractivity contribution is 0.0652. The molecule has 0 radical (unpaired) electrons. The minimum Gasteiger partial charge on any atom is -0.298 e. The zero-order valence-corrected chi connectivity index (χ0v) is 16.5. The number of pyridine rings is 1. The lowest BCUT2D eigenvalue weighted by Gasteiger charge is -2.12. The Hall–Kier alpha value is -3.39. The molecule has 1 aromatic carbocycles. The summed E-state index contributed by atoms with van der Waals surface area (Å²) in [5.74, 6) is -1.03. The number of nitrogens with zero attached hydrogens (tertiary/aromatic N) is 3. The number of benzene rings is 1. The van der Waals surface area contributed by atoms with Crippen molar-refractivity contribution >= 4 is 34.2 Å². The van der Waals surface area contributed by atoms with E-state index in [0.717, 1.165) is 24.1 Å². The Morgan fingerprint density at radius 3 is 2.76 bits per heavy atom. The number of nitrogens with one attached hydrogen (secondary N) is 1. The molecule has 1 aliphatic heterocycles. The summed E-state index contributed by atoms with van der Waals surface area (Å²) in [6.45, 7) is 2.39. The Bertz CT molecular complexity index is 1090. The van der Waals surface area contributed by atoms with Crippen LogP contribution in [0.4, 0.5) is 5.13 Å². The highest BCUT2D eigenvalue weighted by atomic mass is 32.1. The van der Waals surface area contributed by atoms with Crippen LogP contribution in [0.5, 0.6) is 0 Å². The maximum Gasteiger partial charge on any atom is 0.261 e. The minimum atomic E-state index is -0.382. The van der Waals surface area contributed by atoms with Crippen LogP contribution in [0.2, 0.25) is 0 Å². The zero-order chi connectivity index (χ0) is 20.4. The predicted molar refractivity (Wildman–Crippen MR) is 110 cm³/mol. The van der Waals surface area contributed by atoms with Crippen molar-refractivity contribution in [1.82, 2.24) is 14.9 Å². The van der Waals surface area contributed by atoms with Gasteiger partial charge in [0.25, 0.3) is 17.7 Å². The Morgan fingerprint density at radius 1 is 1.17 bits per heavy atom. The molecule has 7 nitrogen and oxygen atoms in total. The fourth-order valence-electron chi connectivity index (χ4n) is 3.10. The number of aromatic nitrogens is 2. The number of thiazole rings is 1. The van der Waals surface area contributed by atoms with Gasteiger partial charge >= 0.3 is 0 Å². The van der Waals surface area contributed by atoms with E-state index in [1.165, 1.54) is 22.3 Å². The number of hydrogen-bond acceptors (Lipinski definition) is 6. The van der Waals surface area contributed by atoms with E-state index in [4.69, 9.17) is 0 Å². The first-order valence-corrected chi connectivity index (χ1v) is 10.1. The van der Waals surface area contributed by atoms with Gasteiger partial charge in [-0.05, 0) is 36.8 Å². The van der Waals surface area contributed by atoms with Crippen LogP contribution in [0.25, 0.3) is 11.3 Å². The number of hydrogen-bond donors (Lipinski definition) is 1. The monoisotopic (exact) mass is 406 g/mol. The third-order valence-corrected chi connectivity index (χ3v) is 5.41. The van der Waals surface area contributed by atoms with E-state index in [1.807, 2.05) is 24.4 Å². The topological polar surface area (TPSA) is 92.3 Å². The summed E-state index contributed by atoms with van der Waals surface area (Å²) in [5.41, 5.74) is 2.50. The third-order valence-electron chi connectivity index (χ3n) is 4.65. The Morgan fingerprint density at radius 2 is 2.00 bits per heavy atom. The molecule has 0 bridgehead atoms. The second-order valence-corrected chi connectivity index (χ2v) is 7.47. The van der Waals surface area contributed by atoms with E-state index in [9.17, 15) is 14.4 Å². The van der Waals surface area contributed by atoms with Crippen molar-refractivity contribution in [3.63, 3.8) is 0 Å². The van der Waals surface area contributed by atoms with Crippen molar-refractivity contribution in [2.45, 2.75) is 19.8 Å². The molecule has 3 heterocycles. The SMILES string of the molecule is CCCCN1C(=O)c2ccc(C(=O)Nc3nc(-c4cccnc4)cs3)cc2C1=O. The van der Waals surface area contributed by atoms with E-state index in [-0.39, 0.29) is 23.3 Å². The smallest absolute Gasteiger partial charge is 0.261 e. The zero-order valence-electron chi connectivity index (χ0n) is 15.7. The molecule has 3 amide bonds. The van der Waals surface area contributed by atoms with Crippen molar-refractivity contribution < 1.29 is 14.4 Å². The van der Waals surface area contributed by atoms with Gasteiger partial charge in [0, 0.05) is 35.4 Å². The Labute approximate surface area is 171 Å².